The molecule has 0 fully saturated rings. The van der Waals surface area contributed by atoms with Crippen LogP contribution in [-0.4, -0.2) is 24.5 Å². The highest BCUT2D eigenvalue weighted by Crippen LogP contribution is 2.15. The molecular weight excluding hydrogens is 356 g/mol. The lowest BCUT2D eigenvalue weighted by Crippen LogP contribution is -2.49. The molecule has 0 aliphatic heterocycles. The van der Waals surface area contributed by atoms with E-state index < -0.39 is 17.9 Å². The van der Waals surface area contributed by atoms with E-state index in [-0.39, 0.29) is 6.61 Å². The van der Waals surface area contributed by atoms with E-state index in [9.17, 15) is 9.59 Å². The molecule has 0 bridgehead atoms. The van der Waals surface area contributed by atoms with E-state index in [2.05, 4.69) is 10.9 Å². The minimum Gasteiger partial charge on any atom is -0.484 e. The molecule has 0 aliphatic carbocycles. The second-order valence-corrected chi connectivity index (χ2v) is 6.04. The van der Waals surface area contributed by atoms with Crippen LogP contribution in [0.5, 0.6) is 11.5 Å². The SMILES string of the molecule is CCC(Oc1ccc(C)cc1)C(=O)NNC(=O)COc1ccc(Cl)cc1. The molecule has 26 heavy (non-hydrogen) atoms. The van der Waals surface area contributed by atoms with Gasteiger partial charge >= 0.3 is 0 Å². The third kappa shape index (κ3) is 6.29. The maximum atomic E-state index is 12.2. The number of hydrazine groups is 1. The number of amides is 2. The summed E-state index contributed by atoms with van der Waals surface area (Å²) in [6.45, 7) is 3.55. The van der Waals surface area contributed by atoms with Gasteiger partial charge in [0.15, 0.2) is 12.7 Å². The monoisotopic (exact) mass is 376 g/mol. The van der Waals surface area contributed by atoms with Gasteiger partial charge in [0.1, 0.15) is 11.5 Å². The van der Waals surface area contributed by atoms with Crippen LogP contribution in [0.15, 0.2) is 48.5 Å². The lowest BCUT2D eigenvalue weighted by Gasteiger charge is -2.17. The molecule has 2 rings (SSSR count). The summed E-state index contributed by atoms with van der Waals surface area (Å²) in [5.41, 5.74) is 5.75. The van der Waals surface area contributed by atoms with Crippen LogP contribution in [0.3, 0.4) is 0 Å². The summed E-state index contributed by atoms with van der Waals surface area (Å²) in [5, 5.41) is 0.577. The summed E-state index contributed by atoms with van der Waals surface area (Å²) in [6.07, 6.45) is -0.258. The molecule has 2 amide bonds. The lowest BCUT2D eigenvalue weighted by molar-refractivity contribution is -0.134. The van der Waals surface area contributed by atoms with E-state index in [1.165, 1.54) is 0 Å². The van der Waals surface area contributed by atoms with E-state index in [1.807, 2.05) is 26.0 Å². The van der Waals surface area contributed by atoms with Gasteiger partial charge < -0.3 is 9.47 Å². The summed E-state index contributed by atoms with van der Waals surface area (Å²) in [5.74, 6) is 0.173. The van der Waals surface area contributed by atoms with Crippen LogP contribution in [0.2, 0.25) is 5.02 Å². The molecular formula is C19H21ClN2O4. The van der Waals surface area contributed by atoms with Gasteiger partial charge in [-0.25, -0.2) is 0 Å². The summed E-state index contributed by atoms with van der Waals surface area (Å²) in [4.78, 5) is 23.9. The average molecular weight is 377 g/mol. The second kappa shape index (κ2) is 9.68. The minimum absolute atomic E-state index is 0.239. The van der Waals surface area contributed by atoms with Crippen molar-refractivity contribution in [2.24, 2.45) is 0 Å². The van der Waals surface area contributed by atoms with E-state index >= 15 is 0 Å². The minimum atomic E-state index is -0.713. The molecule has 0 spiro atoms. The Morgan fingerprint density at radius 3 is 2.23 bits per heavy atom. The Hall–Kier alpha value is -2.73. The number of nitrogens with one attached hydrogen (secondary N) is 2. The maximum absolute atomic E-state index is 12.2. The number of carbonyl (C=O) groups is 2. The van der Waals surface area contributed by atoms with Gasteiger partial charge in [0, 0.05) is 5.02 Å². The maximum Gasteiger partial charge on any atom is 0.279 e. The first-order chi connectivity index (χ1) is 12.5. The zero-order chi connectivity index (χ0) is 18.9. The van der Waals surface area contributed by atoms with Gasteiger partial charge in [-0.3, -0.25) is 20.4 Å². The van der Waals surface area contributed by atoms with Gasteiger partial charge in [0.05, 0.1) is 0 Å². The zero-order valence-electron chi connectivity index (χ0n) is 14.6. The van der Waals surface area contributed by atoms with Gasteiger partial charge in [-0.15, -0.1) is 0 Å². The van der Waals surface area contributed by atoms with Crippen LogP contribution in [0, 0.1) is 6.92 Å². The van der Waals surface area contributed by atoms with Crippen LogP contribution in [0.4, 0.5) is 0 Å². The van der Waals surface area contributed by atoms with Crippen molar-refractivity contribution in [3.05, 3.63) is 59.1 Å². The average Bonchev–Trinajstić information content (AvgIpc) is 2.65. The van der Waals surface area contributed by atoms with Crippen LogP contribution >= 0.6 is 11.6 Å². The molecule has 0 aromatic heterocycles. The Labute approximate surface area is 157 Å². The zero-order valence-corrected chi connectivity index (χ0v) is 15.4. The normalized spacial score (nSPS) is 11.3. The Morgan fingerprint density at radius 2 is 1.62 bits per heavy atom. The van der Waals surface area contributed by atoms with Gasteiger partial charge in [-0.2, -0.15) is 0 Å². The molecule has 0 saturated heterocycles. The largest absolute Gasteiger partial charge is 0.484 e. The quantitative estimate of drug-likeness (QED) is 0.728. The molecule has 0 aliphatic rings. The summed E-state index contributed by atoms with van der Waals surface area (Å²) in [7, 11) is 0. The molecule has 1 atom stereocenters. The fourth-order valence-electron chi connectivity index (χ4n) is 2.03. The molecule has 2 aromatic rings. The Morgan fingerprint density at radius 1 is 1.00 bits per heavy atom. The Bertz CT molecular complexity index is 732. The second-order valence-electron chi connectivity index (χ2n) is 5.61. The molecule has 0 heterocycles. The van der Waals surface area contributed by atoms with Crippen LogP contribution < -0.4 is 20.3 Å². The first-order valence-corrected chi connectivity index (χ1v) is 8.56. The van der Waals surface area contributed by atoms with Crippen molar-refractivity contribution in [2.45, 2.75) is 26.4 Å². The summed E-state index contributed by atoms with van der Waals surface area (Å²) >= 11 is 5.77. The number of benzene rings is 2. The molecule has 0 saturated carbocycles. The van der Waals surface area contributed by atoms with E-state index in [4.69, 9.17) is 21.1 Å². The van der Waals surface area contributed by atoms with Crippen molar-refractivity contribution in [3.8, 4) is 11.5 Å². The Balaban J connectivity index is 1.77. The highest BCUT2D eigenvalue weighted by atomic mass is 35.5. The number of rotatable bonds is 7. The number of ether oxygens (including phenoxy) is 2. The topological polar surface area (TPSA) is 76.7 Å². The van der Waals surface area contributed by atoms with Crippen molar-refractivity contribution in [1.29, 1.82) is 0 Å². The van der Waals surface area contributed by atoms with E-state index in [1.54, 1.807) is 36.4 Å². The number of aryl methyl sites for hydroxylation is 1. The molecule has 1 unspecified atom stereocenters. The van der Waals surface area contributed by atoms with Crippen LogP contribution in [0.1, 0.15) is 18.9 Å². The van der Waals surface area contributed by atoms with Gasteiger partial charge in [-0.1, -0.05) is 36.2 Å². The third-order valence-electron chi connectivity index (χ3n) is 3.47. The van der Waals surface area contributed by atoms with E-state index in [0.29, 0.717) is 22.9 Å². The number of halogens is 1. The van der Waals surface area contributed by atoms with Crippen molar-refractivity contribution < 1.29 is 19.1 Å². The molecule has 7 heteroatoms. The predicted octanol–water partition coefficient (Wildman–Crippen LogP) is 3.03. The molecule has 138 valence electrons. The standard InChI is InChI=1S/C19H21ClN2O4/c1-3-17(26-16-8-4-13(2)5-9-16)19(24)22-21-18(23)12-25-15-10-6-14(20)7-11-15/h4-11,17H,3,12H2,1-2H3,(H,21,23)(H,22,24). The fourth-order valence-corrected chi connectivity index (χ4v) is 2.16. The number of carbonyl (C=O) groups excluding carboxylic acids is 2. The molecule has 2 N–H and O–H groups in total. The van der Waals surface area contributed by atoms with Gasteiger partial charge in [0.25, 0.3) is 11.8 Å². The highest BCUT2D eigenvalue weighted by molar-refractivity contribution is 6.30. The van der Waals surface area contributed by atoms with E-state index in [0.717, 1.165) is 5.56 Å². The fraction of sp³-hybridized carbons (Fsp3) is 0.263. The van der Waals surface area contributed by atoms with Crippen molar-refractivity contribution in [2.75, 3.05) is 6.61 Å². The van der Waals surface area contributed by atoms with Crippen molar-refractivity contribution >= 4 is 23.4 Å². The third-order valence-corrected chi connectivity index (χ3v) is 3.72. The molecule has 6 nitrogen and oxygen atoms in total. The van der Waals surface area contributed by atoms with Crippen molar-refractivity contribution in [3.63, 3.8) is 0 Å². The lowest BCUT2D eigenvalue weighted by atomic mass is 10.2. The highest BCUT2D eigenvalue weighted by Gasteiger charge is 2.19. The first kappa shape index (κ1) is 19.6. The summed E-state index contributed by atoms with van der Waals surface area (Å²) < 4.78 is 10.9. The Kier molecular flexibility index (Phi) is 7.29. The number of hydrogen-bond acceptors (Lipinski definition) is 4. The van der Waals surface area contributed by atoms with Gasteiger partial charge in [0.2, 0.25) is 0 Å². The van der Waals surface area contributed by atoms with Crippen LogP contribution in [-0.2, 0) is 9.59 Å². The first-order valence-electron chi connectivity index (χ1n) is 8.18. The molecule has 0 radical (unpaired) electrons. The number of hydrogen-bond donors (Lipinski definition) is 2. The predicted molar refractivity (Wildman–Crippen MR) is 99.1 cm³/mol. The smallest absolute Gasteiger partial charge is 0.279 e. The van der Waals surface area contributed by atoms with Crippen molar-refractivity contribution in [1.82, 2.24) is 10.9 Å². The molecule has 2 aromatic carbocycles. The van der Waals surface area contributed by atoms with Gasteiger partial charge in [-0.05, 0) is 49.7 Å². The summed E-state index contributed by atoms with van der Waals surface area (Å²) in [6, 6.07) is 14.0. The van der Waals surface area contributed by atoms with Crippen LogP contribution in [0.25, 0.3) is 0 Å².